The first-order valence-electron chi connectivity index (χ1n) is 7.01. The van der Waals surface area contributed by atoms with Crippen LogP contribution in [0.25, 0.3) is 6.08 Å². The molecular formula is C17H16F2N2O2. The fourth-order valence-electron chi connectivity index (χ4n) is 1.79. The van der Waals surface area contributed by atoms with Crippen molar-refractivity contribution in [3.63, 3.8) is 0 Å². The third-order valence-corrected chi connectivity index (χ3v) is 2.90. The summed E-state index contributed by atoms with van der Waals surface area (Å²) in [6.45, 7) is 1.79. The van der Waals surface area contributed by atoms with Crippen LogP contribution in [0.1, 0.15) is 12.5 Å². The topological polar surface area (TPSA) is 51.2 Å². The number of nitrogens with zero attached hydrogens (tertiary/aromatic N) is 1. The van der Waals surface area contributed by atoms with E-state index in [4.69, 9.17) is 4.74 Å². The van der Waals surface area contributed by atoms with Crippen LogP contribution in [0.2, 0.25) is 0 Å². The van der Waals surface area contributed by atoms with Gasteiger partial charge in [0.2, 0.25) is 5.91 Å². The van der Waals surface area contributed by atoms with Gasteiger partial charge >= 0.3 is 0 Å². The molecule has 4 nitrogen and oxygen atoms in total. The van der Waals surface area contributed by atoms with Crippen LogP contribution in [0.3, 0.4) is 0 Å². The number of pyridine rings is 1. The van der Waals surface area contributed by atoms with E-state index in [1.54, 1.807) is 37.5 Å². The molecule has 23 heavy (non-hydrogen) atoms. The van der Waals surface area contributed by atoms with Crippen LogP contribution in [0.4, 0.5) is 8.78 Å². The predicted molar refractivity (Wildman–Crippen MR) is 82.7 cm³/mol. The molecule has 2 aromatic rings. The van der Waals surface area contributed by atoms with E-state index in [2.05, 4.69) is 10.3 Å². The summed E-state index contributed by atoms with van der Waals surface area (Å²) < 4.78 is 31.4. The Kier molecular flexibility index (Phi) is 5.80. The molecule has 0 saturated heterocycles. The highest BCUT2D eigenvalue weighted by molar-refractivity contribution is 5.91. The van der Waals surface area contributed by atoms with Crippen molar-refractivity contribution in [2.75, 3.05) is 6.61 Å². The van der Waals surface area contributed by atoms with Gasteiger partial charge in [0.1, 0.15) is 12.4 Å². The van der Waals surface area contributed by atoms with Gasteiger partial charge in [0.05, 0.1) is 6.04 Å². The number of ether oxygens (including phenoxy) is 1. The van der Waals surface area contributed by atoms with Gasteiger partial charge in [0.25, 0.3) is 0 Å². The molecule has 0 spiro atoms. The van der Waals surface area contributed by atoms with Gasteiger partial charge in [0, 0.05) is 24.5 Å². The molecule has 0 aliphatic rings. The van der Waals surface area contributed by atoms with Crippen molar-refractivity contribution in [1.29, 1.82) is 0 Å². The second-order valence-electron chi connectivity index (χ2n) is 4.91. The number of halogens is 2. The van der Waals surface area contributed by atoms with E-state index in [1.807, 2.05) is 0 Å². The quantitative estimate of drug-likeness (QED) is 0.833. The zero-order valence-corrected chi connectivity index (χ0v) is 12.5. The highest BCUT2D eigenvalue weighted by atomic mass is 19.1. The Labute approximate surface area is 132 Å². The maximum absolute atomic E-state index is 13.4. The fourth-order valence-corrected chi connectivity index (χ4v) is 1.79. The lowest BCUT2D eigenvalue weighted by atomic mass is 10.2. The van der Waals surface area contributed by atoms with Gasteiger partial charge in [-0.05, 0) is 42.8 Å². The van der Waals surface area contributed by atoms with Gasteiger partial charge in [-0.2, -0.15) is 0 Å². The van der Waals surface area contributed by atoms with Crippen LogP contribution >= 0.6 is 0 Å². The average Bonchev–Trinajstić information content (AvgIpc) is 2.53. The lowest BCUT2D eigenvalue weighted by Gasteiger charge is -2.14. The van der Waals surface area contributed by atoms with Crippen molar-refractivity contribution >= 4 is 12.0 Å². The van der Waals surface area contributed by atoms with Crippen LogP contribution in [-0.2, 0) is 4.79 Å². The summed E-state index contributed by atoms with van der Waals surface area (Å²) in [6.07, 6.45) is 6.31. The first-order valence-corrected chi connectivity index (χ1v) is 7.01. The largest absolute Gasteiger partial charge is 0.488 e. The lowest BCUT2D eigenvalue weighted by Crippen LogP contribution is -2.35. The first-order chi connectivity index (χ1) is 11.0. The maximum atomic E-state index is 13.4. The second kappa shape index (κ2) is 8.03. The van der Waals surface area contributed by atoms with Crippen LogP contribution in [0.5, 0.6) is 5.75 Å². The summed E-state index contributed by atoms with van der Waals surface area (Å²) in [5.74, 6) is -1.80. The smallest absolute Gasteiger partial charge is 0.244 e. The molecular weight excluding hydrogens is 302 g/mol. The Morgan fingerprint density at radius 1 is 1.30 bits per heavy atom. The predicted octanol–water partition coefficient (Wildman–Crippen LogP) is 2.96. The molecule has 1 atom stereocenters. The Morgan fingerprint density at radius 2 is 2.04 bits per heavy atom. The Morgan fingerprint density at radius 3 is 2.74 bits per heavy atom. The number of nitrogens with one attached hydrogen (secondary N) is 1. The Bertz CT molecular complexity index is 690. The molecule has 0 bridgehead atoms. The number of carbonyl (C=O) groups excluding carboxylic acids is 1. The zero-order valence-electron chi connectivity index (χ0n) is 12.5. The summed E-state index contributed by atoms with van der Waals surface area (Å²) >= 11 is 0. The molecule has 1 unspecified atom stereocenters. The van der Waals surface area contributed by atoms with Gasteiger partial charge in [-0.1, -0.05) is 0 Å². The van der Waals surface area contributed by atoms with Crippen molar-refractivity contribution in [3.05, 3.63) is 66.0 Å². The van der Waals surface area contributed by atoms with E-state index in [0.29, 0.717) is 0 Å². The zero-order chi connectivity index (χ0) is 16.7. The van der Waals surface area contributed by atoms with Gasteiger partial charge < -0.3 is 10.1 Å². The van der Waals surface area contributed by atoms with Crippen molar-refractivity contribution in [2.45, 2.75) is 13.0 Å². The molecule has 0 radical (unpaired) electrons. The third kappa shape index (κ3) is 5.50. The highest BCUT2D eigenvalue weighted by Gasteiger charge is 2.09. The van der Waals surface area contributed by atoms with Crippen molar-refractivity contribution in [3.8, 4) is 5.75 Å². The molecule has 0 saturated carbocycles. The number of amides is 1. The van der Waals surface area contributed by atoms with E-state index >= 15 is 0 Å². The van der Waals surface area contributed by atoms with Crippen LogP contribution < -0.4 is 10.1 Å². The van der Waals surface area contributed by atoms with Gasteiger partial charge in [-0.3, -0.25) is 9.78 Å². The molecule has 1 aromatic heterocycles. The third-order valence-electron chi connectivity index (χ3n) is 2.90. The SMILES string of the molecule is CC(COc1ccc(F)cc1F)NC(=O)/C=C/c1ccncc1. The summed E-state index contributed by atoms with van der Waals surface area (Å²) in [4.78, 5) is 15.6. The summed E-state index contributed by atoms with van der Waals surface area (Å²) in [5.41, 5.74) is 0.854. The summed E-state index contributed by atoms with van der Waals surface area (Å²) in [5, 5.41) is 2.69. The van der Waals surface area contributed by atoms with Crippen LogP contribution in [0, 0.1) is 11.6 Å². The van der Waals surface area contributed by atoms with E-state index in [9.17, 15) is 13.6 Å². The molecule has 0 aliphatic heterocycles. The standard InChI is InChI=1S/C17H16F2N2O2/c1-12(11-23-16-4-3-14(18)10-15(16)19)21-17(22)5-2-13-6-8-20-9-7-13/h2-10,12H,11H2,1H3,(H,21,22)/b5-2+. The van der Waals surface area contributed by atoms with Crippen molar-refractivity contribution < 1.29 is 18.3 Å². The minimum Gasteiger partial charge on any atom is -0.488 e. The normalized spacial score (nSPS) is 12.1. The van der Waals surface area contributed by atoms with Crippen LogP contribution in [0.15, 0.2) is 48.8 Å². The minimum absolute atomic E-state index is 0.0557. The van der Waals surface area contributed by atoms with Crippen LogP contribution in [-0.4, -0.2) is 23.5 Å². The monoisotopic (exact) mass is 318 g/mol. The fraction of sp³-hybridized carbons (Fsp3) is 0.176. The van der Waals surface area contributed by atoms with E-state index < -0.39 is 11.6 Å². The number of carbonyl (C=O) groups is 1. The number of hydrogen-bond donors (Lipinski definition) is 1. The highest BCUT2D eigenvalue weighted by Crippen LogP contribution is 2.17. The summed E-state index contributed by atoms with van der Waals surface area (Å²) in [7, 11) is 0. The summed E-state index contributed by atoms with van der Waals surface area (Å²) in [6, 6.07) is 6.27. The Balaban J connectivity index is 1.81. The molecule has 0 fully saturated rings. The van der Waals surface area contributed by atoms with E-state index in [1.165, 1.54) is 12.1 Å². The number of rotatable bonds is 6. The molecule has 0 aliphatic carbocycles. The minimum atomic E-state index is -0.777. The molecule has 1 heterocycles. The molecule has 1 amide bonds. The van der Waals surface area contributed by atoms with Gasteiger partial charge in [-0.15, -0.1) is 0 Å². The number of hydrogen-bond acceptors (Lipinski definition) is 3. The van der Waals surface area contributed by atoms with Gasteiger partial charge in [0.15, 0.2) is 11.6 Å². The van der Waals surface area contributed by atoms with Crippen molar-refractivity contribution in [2.24, 2.45) is 0 Å². The first kappa shape index (κ1) is 16.6. The Hall–Kier alpha value is -2.76. The molecule has 1 aromatic carbocycles. The number of aromatic nitrogens is 1. The van der Waals surface area contributed by atoms with E-state index in [0.717, 1.165) is 17.7 Å². The average molecular weight is 318 g/mol. The second-order valence-corrected chi connectivity index (χ2v) is 4.91. The molecule has 120 valence electrons. The van der Waals surface area contributed by atoms with Crippen molar-refractivity contribution in [1.82, 2.24) is 10.3 Å². The maximum Gasteiger partial charge on any atom is 0.244 e. The lowest BCUT2D eigenvalue weighted by molar-refractivity contribution is -0.117. The molecule has 6 heteroatoms. The van der Waals surface area contributed by atoms with Gasteiger partial charge in [-0.25, -0.2) is 8.78 Å². The number of benzene rings is 1. The molecule has 2 rings (SSSR count). The molecule has 1 N–H and O–H groups in total. The van der Waals surface area contributed by atoms with E-state index in [-0.39, 0.29) is 24.3 Å².